The van der Waals surface area contributed by atoms with Crippen molar-refractivity contribution in [1.82, 2.24) is 20.6 Å². The van der Waals surface area contributed by atoms with Crippen molar-refractivity contribution in [2.75, 3.05) is 27.2 Å². The SMILES string of the molecule is CNC(C(=O)NC(C(=O)N(C)C(/C=C(\C)C(=O)N1CC(O)CO1)C(C)C)C(C)(C)C)C(C)(C)c1ccccc1. The Morgan fingerprint density at radius 3 is 2.15 bits per heavy atom. The number of aliphatic hydroxyl groups excluding tert-OH is 1. The van der Waals surface area contributed by atoms with Crippen molar-refractivity contribution in [2.24, 2.45) is 11.3 Å². The van der Waals surface area contributed by atoms with E-state index in [4.69, 9.17) is 4.84 Å². The van der Waals surface area contributed by atoms with E-state index >= 15 is 0 Å². The van der Waals surface area contributed by atoms with Gasteiger partial charge in [-0.15, -0.1) is 0 Å². The predicted molar refractivity (Wildman–Crippen MR) is 153 cm³/mol. The van der Waals surface area contributed by atoms with Gasteiger partial charge < -0.3 is 20.6 Å². The summed E-state index contributed by atoms with van der Waals surface area (Å²) in [6.45, 7) is 15.6. The van der Waals surface area contributed by atoms with Crippen molar-refractivity contribution in [3.63, 3.8) is 0 Å². The van der Waals surface area contributed by atoms with E-state index in [2.05, 4.69) is 10.6 Å². The van der Waals surface area contributed by atoms with Gasteiger partial charge in [-0.25, -0.2) is 5.06 Å². The van der Waals surface area contributed by atoms with Gasteiger partial charge in [0.15, 0.2) is 0 Å². The largest absolute Gasteiger partial charge is 0.389 e. The van der Waals surface area contributed by atoms with E-state index in [0.29, 0.717) is 5.57 Å². The molecule has 4 unspecified atom stereocenters. The quantitative estimate of drug-likeness (QED) is 0.391. The van der Waals surface area contributed by atoms with Gasteiger partial charge >= 0.3 is 0 Å². The second-order valence-electron chi connectivity index (χ2n) is 12.5. The molecule has 218 valence electrons. The minimum absolute atomic E-state index is 0.00909. The van der Waals surface area contributed by atoms with Gasteiger partial charge in [0.05, 0.1) is 18.6 Å². The van der Waals surface area contributed by atoms with Crippen LogP contribution in [0.25, 0.3) is 0 Å². The van der Waals surface area contributed by atoms with E-state index in [0.717, 1.165) is 10.6 Å². The minimum atomic E-state index is -0.805. The highest BCUT2D eigenvalue weighted by Gasteiger charge is 2.41. The van der Waals surface area contributed by atoms with Crippen molar-refractivity contribution < 1.29 is 24.3 Å². The van der Waals surface area contributed by atoms with Crippen LogP contribution in [0.4, 0.5) is 0 Å². The molecule has 39 heavy (non-hydrogen) atoms. The summed E-state index contributed by atoms with van der Waals surface area (Å²) in [5.74, 6) is -0.865. The predicted octanol–water partition coefficient (Wildman–Crippen LogP) is 2.65. The summed E-state index contributed by atoms with van der Waals surface area (Å²) < 4.78 is 0. The Morgan fingerprint density at radius 2 is 1.69 bits per heavy atom. The van der Waals surface area contributed by atoms with Gasteiger partial charge in [-0.1, -0.05) is 84.9 Å². The van der Waals surface area contributed by atoms with Gasteiger partial charge in [0.25, 0.3) is 5.91 Å². The van der Waals surface area contributed by atoms with E-state index in [1.807, 2.05) is 78.8 Å². The zero-order valence-electron chi connectivity index (χ0n) is 25.2. The highest BCUT2D eigenvalue weighted by atomic mass is 16.7. The summed E-state index contributed by atoms with van der Waals surface area (Å²) in [6, 6.07) is 8.03. The maximum atomic E-state index is 14.0. The zero-order valence-corrected chi connectivity index (χ0v) is 25.2. The Bertz CT molecular complexity index is 1030. The molecule has 1 aliphatic rings. The molecule has 2 rings (SSSR count). The number of likely N-dealkylation sites (N-methyl/N-ethyl adjacent to an activating group) is 2. The van der Waals surface area contributed by atoms with Crippen LogP contribution in [0.3, 0.4) is 0 Å². The monoisotopic (exact) mass is 544 g/mol. The van der Waals surface area contributed by atoms with Crippen LogP contribution in [0.15, 0.2) is 42.0 Å². The summed E-state index contributed by atoms with van der Waals surface area (Å²) >= 11 is 0. The van der Waals surface area contributed by atoms with E-state index in [9.17, 15) is 19.5 Å². The topological polar surface area (TPSA) is 111 Å². The smallest absolute Gasteiger partial charge is 0.272 e. The molecule has 1 aromatic carbocycles. The molecule has 1 saturated heterocycles. The number of benzene rings is 1. The third-order valence-electron chi connectivity index (χ3n) is 7.45. The molecule has 0 bridgehead atoms. The summed E-state index contributed by atoms with van der Waals surface area (Å²) in [4.78, 5) is 47.4. The Hall–Kier alpha value is -2.75. The zero-order chi connectivity index (χ0) is 29.7. The summed E-state index contributed by atoms with van der Waals surface area (Å²) in [5.41, 5.74) is 0.309. The van der Waals surface area contributed by atoms with Crippen LogP contribution in [0.2, 0.25) is 0 Å². The molecule has 3 N–H and O–H groups in total. The number of hydrogen-bond donors (Lipinski definition) is 3. The molecule has 0 aliphatic carbocycles. The lowest BCUT2D eigenvalue weighted by molar-refractivity contribution is -0.164. The number of aliphatic hydroxyl groups is 1. The second-order valence-corrected chi connectivity index (χ2v) is 12.5. The third kappa shape index (κ3) is 7.90. The summed E-state index contributed by atoms with van der Waals surface area (Å²) in [5, 5.41) is 17.1. The Balaban J connectivity index is 2.31. The molecule has 3 amide bonds. The molecule has 0 saturated carbocycles. The van der Waals surface area contributed by atoms with Crippen LogP contribution in [-0.4, -0.2) is 84.3 Å². The van der Waals surface area contributed by atoms with Crippen LogP contribution in [0, 0.1) is 11.3 Å². The first-order valence-corrected chi connectivity index (χ1v) is 13.6. The maximum Gasteiger partial charge on any atom is 0.272 e. The number of carbonyl (C=O) groups is 3. The molecule has 1 fully saturated rings. The fourth-order valence-corrected chi connectivity index (χ4v) is 4.97. The first kappa shape index (κ1) is 32.5. The van der Waals surface area contributed by atoms with Gasteiger partial charge in [-0.3, -0.25) is 19.2 Å². The third-order valence-corrected chi connectivity index (χ3v) is 7.45. The summed E-state index contributed by atoms with van der Waals surface area (Å²) in [7, 11) is 3.45. The Labute approximate surface area is 233 Å². The first-order valence-electron chi connectivity index (χ1n) is 13.6. The lowest BCUT2D eigenvalue weighted by Crippen LogP contribution is -2.61. The van der Waals surface area contributed by atoms with Crippen LogP contribution < -0.4 is 10.6 Å². The molecule has 1 heterocycles. The Morgan fingerprint density at radius 1 is 1.10 bits per heavy atom. The van der Waals surface area contributed by atoms with Crippen LogP contribution in [0.5, 0.6) is 0 Å². The first-order chi connectivity index (χ1) is 18.0. The van der Waals surface area contributed by atoms with Crippen LogP contribution >= 0.6 is 0 Å². The lowest BCUT2D eigenvalue weighted by atomic mass is 9.76. The second kappa shape index (κ2) is 13.1. The number of nitrogens with one attached hydrogen (secondary N) is 2. The molecule has 0 aromatic heterocycles. The van der Waals surface area contributed by atoms with E-state index in [1.165, 1.54) is 0 Å². The molecule has 1 aromatic rings. The average Bonchev–Trinajstić information content (AvgIpc) is 3.30. The molecule has 0 radical (unpaired) electrons. The molecular weight excluding hydrogens is 496 g/mol. The van der Waals surface area contributed by atoms with Gasteiger partial charge in [0.1, 0.15) is 18.8 Å². The van der Waals surface area contributed by atoms with Gasteiger partial charge in [-0.2, -0.15) is 0 Å². The maximum absolute atomic E-state index is 14.0. The van der Waals surface area contributed by atoms with Gasteiger partial charge in [0.2, 0.25) is 11.8 Å². The number of rotatable bonds is 10. The number of nitrogens with zero attached hydrogens (tertiary/aromatic N) is 2. The van der Waals surface area contributed by atoms with E-state index in [-0.39, 0.29) is 36.8 Å². The molecule has 9 heteroatoms. The van der Waals surface area contributed by atoms with Crippen LogP contribution in [0.1, 0.15) is 61.0 Å². The highest BCUT2D eigenvalue weighted by molar-refractivity contribution is 5.93. The van der Waals surface area contributed by atoms with Gasteiger partial charge in [-0.05, 0) is 30.9 Å². The summed E-state index contributed by atoms with van der Waals surface area (Å²) in [6.07, 6.45) is 1.05. The van der Waals surface area contributed by atoms with Crippen LogP contribution in [-0.2, 0) is 24.6 Å². The molecule has 1 aliphatic heterocycles. The number of β-amino-alcohol motifs (C(OH)–C–C–N with tert-alkyl or cyclic N) is 1. The molecule has 9 nitrogen and oxygen atoms in total. The van der Waals surface area contributed by atoms with Gasteiger partial charge in [0, 0.05) is 18.0 Å². The number of amides is 3. The lowest BCUT2D eigenvalue weighted by Gasteiger charge is -2.40. The standard InChI is InChI=1S/C30H48N4O5/c1-19(2)23(16-20(3)27(37)34-17-22(35)18-39-34)33(10)28(38)25(29(4,5)6)32-26(36)24(31-9)30(7,8)21-14-12-11-13-15-21/h11-16,19,22-25,31,35H,17-18H2,1-10H3,(H,32,36)/b20-16+. The Kier molecular flexibility index (Phi) is 10.9. The molecular formula is C30H48N4O5. The van der Waals surface area contributed by atoms with Crippen molar-refractivity contribution in [3.8, 4) is 0 Å². The number of carbonyl (C=O) groups excluding carboxylic acids is 3. The molecule has 0 spiro atoms. The van der Waals surface area contributed by atoms with Crippen molar-refractivity contribution >= 4 is 17.7 Å². The fraction of sp³-hybridized carbons (Fsp3) is 0.633. The van der Waals surface area contributed by atoms with E-state index < -0.39 is 35.1 Å². The van der Waals surface area contributed by atoms with Crippen molar-refractivity contribution in [1.29, 1.82) is 0 Å². The normalized spacial score (nSPS) is 19.0. The minimum Gasteiger partial charge on any atom is -0.389 e. The number of hydrogen-bond acceptors (Lipinski definition) is 6. The van der Waals surface area contributed by atoms with Crippen molar-refractivity contribution in [3.05, 3.63) is 47.5 Å². The van der Waals surface area contributed by atoms with Crippen molar-refractivity contribution in [2.45, 2.75) is 85.0 Å². The van der Waals surface area contributed by atoms with E-state index in [1.54, 1.807) is 32.0 Å². The molecule has 4 atom stereocenters. The average molecular weight is 545 g/mol. The number of hydroxylamine groups is 2. The highest BCUT2D eigenvalue weighted by Crippen LogP contribution is 2.29. The fourth-order valence-electron chi connectivity index (χ4n) is 4.97.